The number of carbonyl (C=O) groups is 1. The van der Waals surface area contributed by atoms with Crippen LogP contribution in [0, 0.1) is 12.8 Å². The first-order valence-corrected chi connectivity index (χ1v) is 8.40. The number of hydrogen-bond donors (Lipinski definition) is 1. The molecule has 2 aliphatic rings. The van der Waals surface area contributed by atoms with Crippen molar-refractivity contribution in [3.63, 3.8) is 0 Å². The number of benzene rings is 1. The Bertz CT molecular complexity index is 502. The van der Waals surface area contributed by atoms with Crippen LogP contribution in [0.1, 0.15) is 30.0 Å². The van der Waals surface area contributed by atoms with Crippen LogP contribution in [0.3, 0.4) is 0 Å². The summed E-state index contributed by atoms with van der Waals surface area (Å²) in [5.74, 6) is 0.525. The lowest BCUT2D eigenvalue weighted by Gasteiger charge is -2.38. The van der Waals surface area contributed by atoms with Crippen molar-refractivity contribution in [1.29, 1.82) is 0 Å². The highest BCUT2D eigenvalue weighted by Crippen LogP contribution is 2.29. The molecule has 1 saturated carbocycles. The lowest BCUT2D eigenvalue weighted by molar-refractivity contribution is -0.122. The monoisotopic (exact) mass is 301 g/mol. The Morgan fingerprint density at radius 2 is 1.82 bits per heavy atom. The van der Waals surface area contributed by atoms with Gasteiger partial charge in [0.2, 0.25) is 5.91 Å². The van der Waals surface area contributed by atoms with Crippen molar-refractivity contribution in [2.24, 2.45) is 5.92 Å². The van der Waals surface area contributed by atoms with Gasteiger partial charge in [0.05, 0.1) is 6.04 Å². The fourth-order valence-corrected chi connectivity index (χ4v) is 3.07. The molecule has 2 fully saturated rings. The second-order valence-corrected chi connectivity index (χ2v) is 6.79. The molecule has 1 aliphatic carbocycles. The van der Waals surface area contributed by atoms with Gasteiger partial charge in [0.25, 0.3) is 0 Å². The van der Waals surface area contributed by atoms with E-state index in [-0.39, 0.29) is 17.9 Å². The van der Waals surface area contributed by atoms with Crippen molar-refractivity contribution in [2.45, 2.75) is 25.8 Å². The quantitative estimate of drug-likeness (QED) is 0.901. The van der Waals surface area contributed by atoms with Crippen molar-refractivity contribution in [3.05, 3.63) is 35.4 Å². The molecule has 1 amide bonds. The molecule has 120 valence electrons. The lowest BCUT2D eigenvalue weighted by Crippen LogP contribution is -2.48. The predicted octanol–water partition coefficient (Wildman–Crippen LogP) is 1.81. The summed E-state index contributed by atoms with van der Waals surface area (Å²) in [5, 5.41) is 3.17. The number of amides is 1. The largest absolute Gasteiger partial charge is 0.354 e. The van der Waals surface area contributed by atoms with Crippen LogP contribution in [-0.4, -0.2) is 55.5 Å². The maximum atomic E-state index is 12.0. The van der Waals surface area contributed by atoms with Crippen molar-refractivity contribution in [3.8, 4) is 0 Å². The van der Waals surface area contributed by atoms with Crippen molar-refractivity contribution < 1.29 is 4.79 Å². The number of nitrogens with one attached hydrogen (secondary N) is 1. The molecule has 1 aromatic rings. The van der Waals surface area contributed by atoms with E-state index in [1.165, 1.54) is 11.1 Å². The van der Waals surface area contributed by atoms with Gasteiger partial charge in [-0.1, -0.05) is 29.8 Å². The van der Waals surface area contributed by atoms with Gasteiger partial charge in [-0.3, -0.25) is 9.69 Å². The third kappa shape index (κ3) is 3.87. The minimum absolute atomic E-state index is 0.242. The van der Waals surface area contributed by atoms with Gasteiger partial charge in [-0.2, -0.15) is 0 Å². The number of aryl methyl sites for hydroxylation is 1. The summed E-state index contributed by atoms with van der Waals surface area (Å²) in [5.41, 5.74) is 2.59. The highest BCUT2D eigenvalue weighted by atomic mass is 16.2. The van der Waals surface area contributed by atoms with Gasteiger partial charge in [-0.05, 0) is 32.4 Å². The van der Waals surface area contributed by atoms with Crippen LogP contribution in [0.4, 0.5) is 0 Å². The van der Waals surface area contributed by atoms with E-state index in [1.807, 2.05) is 0 Å². The van der Waals surface area contributed by atoms with Crippen LogP contribution >= 0.6 is 0 Å². The fourth-order valence-electron chi connectivity index (χ4n) is 3.07. The maximum Gasteiger partial charge on any atom is 0.223 e. The van der Waals surface area contributed by atoms with E-state index < -0.39 is 0 Å². The van der Waals surface area contributed by atoms with Gasteiger partial charge < -0.3 is 10.2 Å². The number of rotatable bonds is 5. The van der Waals surface area contributed by atoms with Gasteiger partial charge >= 0.3 is 0 Å². The minimum Gasteiger partial charge on any atom is -0.354 e. The molecule has 22 heavy (non-hydrogen) atoms. The summed E-state index contributed by atoms with van der Waals surface area (Å²) in [7, 11) is 2.17. The van der Waals surface area contributed by atoms with E-state index in [1.54, 1.807) is 0 Å². The maximum absolute atomic E-state index is 12.0. The number of nitrogens with zero attached hydrogens (tertiary/aromatic N) is 2. The SMILES string of the molecule is Cc1ccc(C(CNC(=O)C2CC2)N2CCN(C)CC2)cc1. The van der Waals surface area contributed by atoms with Crippen molar-refractivity contribution in [2.75, 3.05) is 39.8 Å². The summed E-state index contributed by atoms with van der Waals surface area (Å²) in [6.07, 6.45) is 2.13. The highest BCUT2D eigenvalue weighted by Gasteiger charge is 2.31. The molecular weight excluding hydrogens is 274 g/mol. The highest BCUT2D eigenvalue weighted by molar-refractivity contribution is 5.80. The van der Waals surface area contributed by atoms with Crippen LogP contribution in [0.5, 0.6) is 0 Å². The average molecular weight is 301 g/mol. The zero-order chi connectivity index (χ0) is 15.5. The Morgan fingerprint density at radius 1 is 1.18 bits per heavy atom. The van der Waals surface area contributed by atoms with E-state index in [0.29, 0.717) is 0 Å². The fraction of sp³-hybridized carbons (Fsp3) is 0.611. The summed E-state index contributed by atoms with van der Waals surface area (Å²) in [6.45, 7) is 7.16. The Labute approximate surface area is 133 Å². The second-order valence-electron chi connectivity index (χ2n) is 6.79. The van der Waals surface area contributed by atoms with Gasteiger partial charge in [0.1, 0.15) is 0 Å². The van der Waals surface area contributed by atoms with E-state index in [0.717, 1.165) is 45.6 Å². The standard InChI is InChI=1S/C18H27N3O/c1-14-3-5-15(6-4-14)17(13-19-18(22)16-7-8-16)21-11-9-20(2)10-12-21/h3-6,16-17H,7-13H2,1-2H3,(H,19,22). The van der Waals surface area contributed by atoms with E-state index in [4.69, 9.17) is 0 Å². The summed E-state index contributed by atoms with van der Waals surface area (Å²) < 4.78 is 0. The third-order valence-electron chi connectivity index (χ3n) is 4.86. The molecule has 4 heteroatoms. The molecule has 3 rings (SSSR count). The summed E-state index contributed by atoms with van der Waals surface area (Å²) >= 11 is 0. The molecule has 1 heterocycles. The molecule has 1 N–H and O–H groups in total. The second kappa shape index (κ2) is 6.80. The first-order chi connectivity index (χ1) is 10.6. The molecule has 4 nitrogen and oxygen atoms in total. The van der Waals surface area contributed by atoms with E-state index in [2.05, 4.69) is 53.4 Å². The van der Waals surface area contributed by atoms with Crippen LogP contribution in [0.25, 0.3) is 0 Å². The predicted molar refractivity (Wildman–Crippen MR) is 88.7 cm³/mol. The molecule has 1 unspecified atom stereocenters. The molecule has 1 saturated heterocycles. The van der Waals surface area contributed by atoms with E-state index >= 15 is 0 Å². The Morgan fingerprint density at radius 3 is 2.41 bits per heavy atom. The molecular formula is C18H27N3O. The average Bonchev–Trinajstić information content (AvgIpc) is 3.35. The zero-order valence-corrected chi connectivity index (χ0v) is 13.7. The molecule has 0 aromatic heterocycles. The lowest BCUT2D eigenvalue weighted by atomic mass is 10.0. The number of piperazine rings is 1. The molecule has 0 radical (unpaired) electrons. The normalized spacial score (nSPS) is 21.5. The van der Waals surface area contributed by atoms with Crippen LogP contribution in [0.2, 0.25) is 0 Å². The number of hydrogen-bond acceptors (Lipinski definition) is 3. The van der Waals surface area contributed by atoms with Gasteiger partial charge in [-0.25, -0.2) is 0 Å². The van der Waals surface area contributed by atoms with Crippen LogP contribution in [0.15, 0.2) is 24.3 Å². The molecule has 1 atom stereocenters. The van der Waals surface area contributed by atoms with Crippen molar-refractivity contribution >= 4 is 5.91 Å². The zero-order valence-electron chi connectivity index (χ0n) is 13.7. The Hall–Kier alpha value is -1.39. The van der Waals surface area contributed by atoms with Gasteiger partial charge in [0.15, 0.2) is 0 Å². The van der Waals surface area contributed by atoms with Gasteiger partial charge in [-0.15, -0.1) is 0 Å². The molecule has 1 aliphatic heterocycles. The Balaban J connectivity index is 1.69. The summed E-state index contributed by atoms with van der Waals surface area (Å²) in [4.78, 5) is 16.9. The molecule has 0 bridgehead atoms. The minimum atomic E-state index is 0.242. The van der Waals surface area contributed by atoms with Crippen LogP contribution in [-0.2, 0) is 4.79 Å². The number of carbonyl (C=O) groups excluding carboxylic acids is 1. The van der Waals surface area contributed by atoms with Crippen molar-refractivity contribution in [1.82, 2.24) is 15.1 Å². The first-order valence-electron chi connectivity index (χ1n) is 8.40. The number of likely N-dealkylation sites (N-methyl/N-ethyl adjacent to an activating group) is 1. The topological polar surface area (TPSA) is 35.6 Å². The smallest absolute Gasteiger partial charge is 0.223 e. The third-order valence-corrected chi connectivity index (χ3v) is 4.86. The summed E-state index contributed by atoms with van der Waals surface area (Å²) in [6, 6.07) is 9.04. The van der Waals surface area contributed by atoms with Gasteiger partial charge in [0, 0.05) is 38.6 Å². The first kappa shape index (κ1) is 15.5. The van der Waals surface area contributed by atoms with Crippen LogP contribution < -0.4 is 5.32 Å². The Kier molecular flexibility index (Phi) is 4.79. The molecule has 0 spiro atoms. The molecule has 1 aromatic carbocycles. The van der Waals surface area contributed by atoms with E-state index in [9.17, 15) is 4.79 Å².